The van der Waals surface area contributed by atoms with Crippen molar-refractivity contribution in [3.8, 4) is 16.9 Å². The number of benzene rings is 3. The highest BCUT2D eigenvalue weighted by Crippen LogP contribution is 2.30. The molecule has 0 aliphatic heterocycles. The molecule has 0 saturated heterocycles. The second-order valence-electron chi connectivity index (χ2n) is 7.51. The molecule has 2 amide bonds. The molecule has 3 N–H and O–H groups in total. The van der Waals surface area contributed by atoms with Crippen LogP contribution < -0.4 is 20.8 Å². The van der Waals surface area contributed by atoms with Gasteiger partial charge in [0.15, 0.2) is 11.6 Å². The van der Waals surface area contributed by atoms with E-state index in [4.69, 9.17) is 15.2 Å². The van der Waals surface area contributed by atoms with Gasteiger partial charge in [-0.1, -0.05) is 12.1 Å². The number of nitrogens with one attached hydrogen (secondary N) is 1. The van der Waals surface area contributed by atoms with Crippen LogP contribution in [0.25, 0.3) is 11.1 Å². The summed E-state index contributed by atoms with van der Waals surface area (Å²) in [6.07, 6.45) is -0.524. The van der Waals surface area contributed by atoms with E-state index in [1.807, 2.05) is 0 Å². The number of nitrogen functional groups attached to an aromatic ring is 1. The number of carbonyl (C=O) groups is 2. The predicted molar refractivity (Wildman–Crippen MR) is 130 cm³/mol. The summed E-state index contributed by atoms with van der Waals surface area (Å²) < 4.78 is 24.2. The van der Waals surface area contributed by atoms with Crippen LogP contribution in [0.3, 0.4) is 0 Å². The molecule has 0 aliphatic carbocycles. The molecule has 0 bridgehead atoms. The van der Waals surface area contributed by atoms with Crippen molar-refractivity contribution in [3.05, 3.63) is 72.0 Å². The van der Waals surface area contributed by atoms with Crippen molar-refractivity contribution in [2.75, 3.05) is 43.9 Å². The smallest absolute Gasteiger partial charge is 0.429 e. The van der Waals surface area contributed by atoms with Crippen molar-refractivity contribution in [1.29, 1.82) is 0 Å². The van der Waals surface area contributed by atoms with Crippen LogP contribution in [0.1, 0.15) is 17.3 Å². The van der Waals surface area contributed by atoms with Gasteiger partial charge in [-0.3, -0.25) is 4.79 Å². The first-order chi connectivity index (χ1) is 16.2. The van der Waals surface area contributed by atoms with Crippen LogP contribution in [0.5, 0.6) is 5.75 Å². The molecule has 178 valence electrons. The van der Waals surface area contributed by atoms with E-state index in [-0.39, 0.29) is 18.3 Å². The van der Waals surface area contributed by atoms with Gasteiger partial charge in [0.05, 0.1) is 30.8 Å². The first-order valence-corrected chi connectivity index (χ1v) is 10.5. The quantitative estimate of drug-likeness (QED) is 0.384. The Bertz CT molecular complexity index is 1180. The largest absolute Gasteiger partial charge is 0.494 e. The molecular formula is C25H27FN4O4. The zero-order valence-corrected chi connectivity index (χ0v) is 19.5. The van der Waals surface area contributed by atoms with E-state index in [0.29, 0.717) is 33.8 Å². The Balaban J connectivity index is 1.81. The lowest BCUT2D eigenvalue weighted by Gasteiger charge is -2.27. The number of nitrogens with two attached hydrogens (primary N) is 1. The summed E-state index contributed by atoms with van der Waals surface area (Å²) in [5.74, 6) is -0.729. The Hall–Kier alpha value is -4.11. The molecule has 34 heavy (non-hydrogen) atoms. The molecule has 0 saturated carbocycles. The Labute approximate surface area is 197 Å². The van der Waals surface area contributed by atoms with Crippen LogP contribution in [0.15, 0.2) is 60.7 Å². The molecule has 3 aromatic carbocycles. The third-order valence-corrected chi connectivity index (χ3v) is 5.00. The van der Waals surface area contributed by atoms with E-state index >= 15 is 0 Å². The van der Waals surface area contributed by atoms with E-state index in [1.54, 1.807) is 74.6 Å². The van der Waals surface area contributed by atoms with Crippen LogP contribution in [0.2, 0.25) is 0 Å². The topological polar surface area (TPSA) is 97.1 Å². The Morgan fingerprint density at radius 3 is 2.24 bits per heavy atom. The highest BCUT2D eigenvalue weighted by molar-refractivity contribution is 6.06. The van der Waals surface area contributed by atoms with Gasteiger partial charge in [0, 0.05) is 19.7 Å². The summed E-state index contributed by atoms with van der Waals surface area (Å²) >= 11 is 0. The number of amides is 2. The zero-order chi connectivity index (χ0) is 24.8. The highest BCUT2D eigenvalue weighted by atomic mass is 19.1. The summed E-state index contributed by atoms with van der Waals surface area (Å²) in [6.45, 7) is 1.97. The van der Waals surface area contributed by atoms with Crippen molar-refractivity contribution in [2.45, 2.75) is 6.92 Å². The molecule has 0 atom stereocenters. The number of rotatable bonds is 7. The molecule has 3 rings (SSSR count). The fourth-order valence-electron chi connectivity index (χ4n) is 3.32. The van der Waals surface area contributed by atoms with Crippen LogP contribution in [-0.2, 0) is 4.74 Å². The second-order valence-corrected chi connectivity index (χ2v) is 7.51. The van der Waals surface area contributed by atoms with Gasteiger partial charge in [-0.05, 0) is 66.6 Å². The molecule has 8 nitrogen and oxygen atoms in total. The van der Waals surface area contributed by atoms with Crippen molar-refractivity contribution in [3.63, 3.8) is 0 Å². The van der Waals surface area contributed by atoms with Gasteiger partial charge in [0.25, 0.3) is 5.91 Å². The third kappa shape index (κ3) is 5.44. The minimum atomic E-state index is -0.524. The van der Waals surface area contributed by atoms with Crippen molar-refractivity contribution in [2.24, 2.45) is 0 Å². The monoisotopic (exact) mass is 466 g/mol. The lowest BCUT2D eigenvalue weighted by atomic mass is 10.0. The number of methoxy groups -OCH3 is 1. The molecule has 9 heteroatoms. The van der Waals surface area contributed by atoms with Gasteiger partial charge < -0.3 is 20.5 Å². The first-order valence-electron chi connectivity index (χ1n) is 10.5. The summed E-state index contributed by atoms with van der Waals surface area (Å²) in [5.41, 5.74) is 9.02. The van der Waals surface area contributed by atoms with Gasteiger partial charge in [0.2, 0.25) is 0 Å². The standard InChI is InChI=1S/C25H27FN4O4/c1-5-34-25(32)30(29(2)3)19-10-6-16(7-11-19)24(31)28-22-15-18(8-12-21(22)27)17-9-13-23(33-4)20(26)14-17/h6-15H,5,27H2,1-4H3,(H,28,31). The van der Waals surface area contributed by atoms with Crippen molar-refractivity contribution < 1.29 is 23.5 Å². The van der Waals surface area contributed by atoms with E-state index in [2.05, 4.69) is 5.32 Å². The molecule has 0 fully saturated rings. The number of anilines is 3. The number of carbonyl (C=O) groups excluding carboxylic acids is 2. The molecule has 0 spiro atoms. The van der Waals surface area contributed by atoms with E-state index in [1.165, 1.54) is 24.3 Å². The Morgan fingerprint density at radius 1 is 1.00 bits per heavy atom. The van der Waals surface area contributed by atoms with Crippen LogP contribution in [0.4, 0.5) is 26.2 Å². The van der Waals surface area contributed by atoms with E-state index in [9.17, 15) is 14.0 Å². The lowest BCUT2D eigenvalue weighted by molar-refractivity contribution is 0.102. The average Bonchev–Trinajstić information content (AvgIpc) is 2.81. The van der Waals surface area contributed by atoms with Crippen LogP contribution in [0, 0.1) is 5.82 Å². The van der Waals surface area contributed by atoms with Crippen LogP contribution >= 0.6 is 0 Å². The van der Waals surface area contributed by atoms with E-state index < -0.39 is 11.9 Å². The number of hydrogen-bond acceptors (Lipinski definition) is 6. The Kier molecular flexibility index (Phi) is 7.70. The Morgan fingerprint density at radius 2 is 1.65 bits per heavy atom. The predicted octanol–water partition coefficient (Wildman–Crippen LogP) is 4.78. The summed E-state index contributed by atoms with van der Waals surface area (Å²) in [7, 11) is 4.82. The number of hydrazine groups is 1. The lowest BCUT2D eigenvalue weighted by Crippen LogP contribution is -2.42. The fraction of sp³-hybridized carbons (Fsp3) is 0.200. The number of hydrogen-bond donors (Lipinski definition) is 2. The minimum Gasteiger partial charge on any atom is -0.494 e. The molecular weight excluding hydrogens is 439 g/mol. The van der Waals surface area contributed by atoms with E-state index in [0.717, 1.165) is 0 Å². The molecule has 0 aromatic heterocycles. The van der Waals surface area contributed by atoms with Crippen molar-refractivity contribution >= 4 is 29.1 Å². The third-order valence-electron chi connectivity index (χ3n) is 5.00. The molecule has 0 aliphatic rings. The van der Waals surface area contributed by atoms with Crippen molar-refractivity contribution in [1.82, 2.24) is 5.01 Å². The van der Waals surface area contributed by atoms with Gasteiger partial charge in [-0.2, -0.15) is 0 Å². The highest BCUT2D eigenvalue weighted by Gasteiger charge is 2.20. The van der Waals surface area contributed by atoms with Crippen LogP contribution in [-0.4, -0.2) is 44.8 Å². The number of ether oxygens (including phenoxy) is 2. The zero-order valence-electron chi connectivity index (χ0n) is 19.5. The fourth-order valence-corrected chi connectivity index (χ4v) is 3.32. The minimum absolute atomic E-state index is 0.145. The molecule has 3 aromatic rings. The maximum atomic E-state index is 14.1. The van der Waals surface area contributed by atoms with Gasteiger partial charge >= 0.3 is 6.09 Å². The number of nitrogens with zero attached hydrogens (tertiary/aromatic N) is 2. The SMILES string of the molecule is CCOC(=O)N(c1ccc(C(=O)Nc2cc(-c3ccc(OC)c(F)c3)ccc2N)cc1)N(C)C. The summed E-state index contributed by atoms with van der Waals surface area (Å²) in [6, 6.07) is 16.2. The molecule has 0 heterocycles. The number of halogens is 1. The van der Waals surface area contributed by atoms with Gasteiger partial charge in [-0.25, -0.2) is 19.2 Å². The maximum absolute atomic E-state index is 14.1. The summed E-state index contributed by atoms with van der Waals surface area (Å²) in [5, 5.41) is 5.72. The van der Waals surface area contributed by atoms with Gasteiger partial charge in [-0.15, -0.1) is 0 Å². The second kappa shape index (κ2) is 10.7. The average molecular weight is 467 g/mol. The normalized spacial score (nSPS) is 10.6. The van der Waals surface area contributed by atoms with Gasteiger partial charge in [0.1, 0.15) is 0 Å². The first kappa shape index (κ1) is 24.5. The summed E-state index contributed by atoms with van der Waals surface area (Å²) in [4.78, 5) is 25.1. The molecule has 0 unspecified atom stereocenters. The molecule has 0 radical (unpaired) electrons. The maximum Gasteiger partial charge on any atom is 0.429 e.